The first-order chi connectivity index (χ1) is 5.83. The number of benzene rings is 1. The molecule has 0 saturated carbocycles. The predicted molar refractivity (Wildman–Crippen MR) is 51.0 cm³/mol. The first-order valence-corrected chi connectivity index (χ1v) is 3.88. The van der Waals surface area contributed by atoms with Crippen LogP contribution in [0, 0.1) is 0 Å². The molecule has 0 aliphatic carbocycles. The molecule has 12 heavy (non-hydrogen) atoms. The normalized spacial score (nSPS) is 8.58. The number of rotatable bonds is 2. The van der Waals surface area contributed by atoms with Crippen LogP contribution in [-0.4, -0.2) is 18.7 Å². The zero-order chi connectivity index (χ0) is 9.40. The van der Waals surface area contributed by atoms with Crippen LogP contribution in [0.25, 0.3) is 0 Å². The maximum atomic E-state index is 8.89. The van der Waals surface area contributed by atoms with Crippen molar-refractivity contribution in [3.63, 3.8) is 0 Å². The molecule has 0 atom stereocenters. The number of phenolic OH excluding ortho intramolecular Hbond substituents is 1. The highest BCUT2D eigenvalue weighted by Gasteiger charge is 1.89. The highest BCUT2D eigenvalue weighted by molar-refractivity contribution is 5.25. The lowest BCUT2D eigenvalue weighted by atomic mass is 10.1. The second-order valence-corrected chi connectivity index (χ2v) is 2.21. The molecule has 0 amide bonds. The molecule has 5 N–H and O–H groups in total. The van der Waals surface area contributed by atoms with Crippen molar-refractivity contribution in [1.82, 2.24) is 0 Å². The Kier molecular flexibility index (Phi) is 6.05. The van der Waals surface area contributed by atoms with Crippen LogP contribution in [-0.2, 0) is 6.42 Å². The molecule has 0 unspecified atom stereocenters. The van der Waals surface area contributed by atoms with E-state index in [1.165, 1.54) is 12.6 Å². The lowest BCUT2D eigenvalue weighted by Gasteiger charge is -1.96. The number of phenols is 1. The van der Waals surface area contributed by atoms with Crippen molar-refractivity contribution in [2.45, 2.75) is 6.42 Å². The van der Waals surface area contributed by atoms with Gasteiger partial charge in [0.15, 0.2) is 0 Å². The Morgan fingerprint density at radius 1 is 1.17 bits per heavy atom. The van der Waals surface area contributed by atoms with E-state index in [0.717, 1.165) is 6.42 Å². The molecular formula is C9H16N2O. The van der Waals surface area contributed by atoms with Gasteiger partial charge in [-0.2, -0.15) is 0 Å². The summed E-state index contributed by atoms with van der Waals surface area (Å²) in [6.07, 6.45) is 0.875. The molecule has 1 aromatic rings. The Morgan fingerprint density at radius 3 is 2.08 bits per heavy atom. The molecule has 0 spiro atoms. The average molecular weight is 168 g/mol. The average Bonchev–Trinajstić information content (AvgIpc) is 2.13. The van der Waals surface area contributed by atoms with E-state index in [-0.39, 0.29) is 0 Å². The van der Waals surface area contributed by atoms with Gasteiger partial charge in [0.05, 0.1) is 0 Å². The number of hydrogen-bond donors (Lipinski definition) is 3. The summed E-state index contributed by atoms with van der Waals surface area (Å²) in [6.45, 7) is 0.658. The summed E-state index contributed by atoms with van der Waals surface area (Å²) >= 11 is 0. The standard InChI is InChI=1S/C8H11NO.CH5N/c9-6-5-7-1-3-8(10)4-2-7;1-2/h1-4,10H,5-6,9H2;2H2,1H3. The maximum Gasteiger partial charge on any atom is 0.115 e. The molecule has 0 aliphatic heterocycles. The highest BCUT2D eigenvalue weighted by Crippen LogP contribution is 2.09. The molecule has 3 nitrogen and oxygen atoms in total. The van der Waals surface area contributed by atoms with E-state index in [1.54, 1.807) is 12.1 Å². The van der Waals surface area contributed by atoms with E-state index in [0.29, 0.717) is 12.3 Å². The molecule has 0 bridgehead atoms. The van der Waals surface area contributed by atoms with Crippen molar-refractivity contribution in [3.05, 3.63) is 29.8 Å². The fraction of sp³-hybridized carbons (Fsp3) is 0.333. The van der Waals surface area contributed by atoms with E-state index >= 15 is 0 Å². The second-order valence-electron chi connectivity index (χ2n) is 2.21. The minimum atomic E-state index is 0.306. The summed E-state index contributed by atoms with van der Waals surface area (Å²) in [5, 5.41) is 8.89. The molecule has 0 saturated heterocycles. The van der Waals surface area contributed by atoms with E-state index in [9.17, 15) is 0 Å². The van der Waals surface area contributed by atoms with Crippen molar-refractivity contribution >= 4 is 0 Å². The Balaban J connectivity index is 0.000000561. The van der Waals surface area contributed by atoms with Gasteiger partial charge in [-0.1, -0.05) is 12.1 Å². The summed E-state index contributed by atoms with van der Waals surface area (Å²) in [5.74, 6) is 0.306. The zero-order valence-electron chi connectivity index (χ0n) is 7.33. The molecule has 1 rings (SSSR count). The van der Waals surface area contributed by atoms with Gasteiger partial charge in [0.25, 0.3) is 0 Å². The fourth-order valence-corrected chi connectivity index (χ4v) is 0.829. The van der Waals surface area contributed by atoms with Gasteiger partial charge >= 0.3 is 0 Å². The third-order valence-electron chi connectivity index (χ3n) is 1.37. The van der Waals surface area contributed by atoms with Gasteiger partial charge in [0.2, 0.25) is 0 Å². The van der Waals surface area contributed by atoms with Gasteiger partial charge in [-0.25, -0.2) is 0 Å². The predicted octanol–water partition coefficient (Wildman–Crippen LogP) is 0.468. The summed E-state index contributed by atoms with van der Waals surface area (Å²) in [5.41, 5.74) is 11.0. The topological polar surface area (TPSA) is 72.3 Å². The van der Waals surface area contributed by atoms with Gasteiger partial charge in [-0.15, -0.1) is 0 Å². The van der Waals surface area contributed by atoms with Crippen LogP contribution in [0.3, 0.4) is 0 Å². The Hall–Kier alpha value is -1.06. The molecule has 0 aliphatic rings. The molecular weight excluding hydrogens is 152 g/mol. The molecule has 3 heteroatoms. The maximum absolute atomic E-state index is 8.89. The lowest BCUT2D eigenvalue weighted by molar-refractivity contribution is 0.475. The monoisotopic (exact) mass is 168 g/mol. The SMILES string of the molecule is CN.NCCc1ccc(O)cc1. The fourth-order valence-electron chi connectivity index (χ4n) is 0.829. The van der Waals surface area contributed by atoms with Crippen LogP contribution < -0.4 is 11.5 Å². The highest BCUT2D eigenvalue weighted by atomic mass is 16.3. The van der Waals surface area contributed by atoms with Crippen molar-refractivity contribution in [2.75, 3.05) is 13.6 Å². The van der Waals surface area contributed by atoms with Crippen molar-refractivity contribution in [2.24, 2.45) is 11.5 Å². The van der Waals surface area contributed by atoms with Crippen LogP contribution in [0.2, 0.25) is 0 Å². The van der Waals surface area contributed by atoms with E-state index in [4.69, 9.17) is 10.8 Å². The first-order valence-electron chi connectivity index (χ1n) is 3.88. The van der Waals surface area contributed by atoms with Crippen LogP contribution in [0.15, 0.2) is 24.3 Å². The Labute approximate surface area is 73.0 Å². The molecule has 0 aromatic heterocycles. The largest absolute Gasteiger partial charge is 0.508 e. The molecule has 0 fully saturated rings. The minimum absolute atomic E-state index is 0.306. The second kappa shape index (κ2) is 6.64. The lowest BCUT2D eigenvalue weighted by Crippen LogP contribution is -2.01. The number of aromatic hydroxyl groups is 1. The van der Waals surface area contributed by atoms with Gasteiger partial charge in [0, 0.05) is 0 Å². The Morgan fingerprint density at radius 2 is 1.67 bits per heavy atom. The zero-order valence-corrected chi connectivity index (χ0v) is 7.33. The van der Waals surface area contributed by atoms with E-state index < -0.39 is 0 Å². The molecule has 1 aromatic carbocycles. The van der Waals surface area contributed by atoms with Gasteiger partial charge in [0.1, 0.15) is 5.75 Å². The third kappa shape index (κ3) is 3.95. The number of hydrogen-bond acceptors (Lipinski definition) is 3. The van der Waals surface area contributed by atoms with Gasteiger partial charge in [-0.05, 0) is 37.7 Å². The summed E-state index contributed by atoms with van der Waals surface area (Å²) in [4.78, 5) is 0. The quantitative estimate of drug-likeness (QED) is 0.601. The van der Waals surface area contributed by atoms with Gasteiger partial charge < -0.3 is 16.6 Å². The van der Waals surface area contributed by atoms with Crippen molar-refractivity contribution < 1.29 is 5.11 Å². The van der Waals surface area contributed by atoms with Crippen LogP contribution in [0.5, 0.6) is 5.75 Å². The third-order valence-corrected chi connectivity index (χ3v) is 1.37. The van der Waals surface area contributed by atoms with E-state index in [1.807, 2.05) is 12.1 Å². The molecule has 0 radical (unpaired) electrons. The molecule has 68 valence electrons. The summed E-state index contributed by atoms with van der Waals surface area (Å²) in [7, 11) is 1.50. The van der Waals surface area contributed by atoms with Crippen molar-refractivity contribution in [1.29, 1.82) is 0 Å². The van der Waals surface area contributed by atoms with Crippen LogP contribution in [0.4, 0.5) is 0 Å². The summed E-state index contributed by atoms with van der Waals surface area (Å²) < 4.78 is 0. The Bertz CT molecular complexity index is 196. The molecule has 0 heterocycles. The first kappa shape index (κ1) is 10.9. The van der Waals surface area contributed by atoms with Gasteiger partial charge in [-0.3, -0.25) is 0 Å². The van der Waals surface area contributed by atoms with Crippen molar-refractivity contribution in [3.8, 4) is 5.75 Å². The van der Waals surface area contributed by atoms with E-state index in [2.05, 4.69) is 5.73 Å². The summed E-state index contributed by atoms with van der Waals surface area (Å²) in [6, 6.07) is 7.10. The van der Waals surface area contributed by atoms with Crippen LogP contribution in [0.1, 0.15) is 5.56 Å². The van der Waals surface area contributed by atoms with Crippen LogP contribution >= 0.6 is 0 Å². The minimum Gasteiger partial charge on any atom is -0.508 e. The number of nitrogens with two attached hydrogens (primary N) is 2. The smallest absolute Gasteiger partial charge is 0.115 e.